The molecule has 0 aliphatic heterocycles. The fraction of sp³-hybridized carbons (Fsp3) is 0.154. The zero-order valence-electron chi connectivity index (χ0n) is 11.4. The Morgan fingerprint density at radius 2 is 1.90 bits per heavy atom. The number of hydrogen-bond acceptors (Lipinski definition) is 6. The van der Waals surface area contributed by atoms with E-state index in [9.17, 15) is 0 Å². The first-order chi connectivity index (χ1) is 10.0. The number of thiocarbonyl (C=S) groups is 1. The Morgan fingerprint density at radius 1 is 1.19 bits per heavy atom. The second-order valence-corrected chi connectivity index (χ2v) is 4.81. The van der Waals surface area contributed by atoms with Crippen LogP contribution in [0.15, 0.2) is 24.5 Å². The minimum atomic E-state index is 0.194. The molecule has 0 spiro atoms. The average molecular weight is 325 g/mol. The molecule has 2 rings (SSSR count). The zero-order valence-corrected chi connectivity index (χ0v) is 13.0. The van der Waals surface area contributed by atoms with E-state index in [1.807, 2.05) is 0 Å². The number of nitrogens with two attached hydrogens (primary N) is 1. The summed E-state index contributed by atoms with van der Waals surface area (Å²) in [6.45, 7) is 0. The summed E-state index contributed by atoms with van der Waals surface area (Å²) in [6, 6.07) is 3.36. The quantitative estimate of drug-likeness (QED) is 0.818. The van der Waals surface area contributed by atoms with Gasteiger partial charge in [-0.3, -0.25) is 0 Å². The summed E-state index contributed by atoms with van der Waals surface area (Å²) in [6.07, 6.45) is 3.01. The lowest BCUT2D eigenvalue weighted by Gasteiger charge is -2.13. The summed E-state index contributed by atoms with van der Waals surface area (Å²) in [5.41, 5.74) is 6.56. The third kappa shape index (κ3) is 3.50. The summed E-state index contributed by atoms with van der Waals surface area (Å²) in [7, 11) is 3.09. The summed E-state index contributed by atoms with van der Waals surface area (Å²) in [5.74, 6) is 1.60. The Kier molecular flexibility index (Phi) is 4.77. The van der Waals surface area contributed by atoms with Crippen molar-refractivity contribution in [2.24, 2.45) is 5.73 Å². The highest BCUT2D eigenvalue weighted by Gasteiger charge is 2.11. The van der Waals surface area contributed by atoms with E-state index in [1.54, 1.807) is 19.2 Å². The summed E-state index contributed by atoms with van der Waals surface area (Å²) < 4.78 is 10.4. The third-order valence-corrected chi connectivity index (χ3v) is 3.15. The predicted molar refractivity (Wildman–Crippen MR) is 85.8 cm³/mol. The molecule has 110 valence electrons. The van der Waals surface area contributed by atoms with Crippen molar-refractivity contribution >= 4 is 40.3 Å². The molecule has 1 aromatic heterocycles. The van der Waals surface area contributed by atoms with Gasteiger partial charge in [-0.2, -0.15) is 0 Å². The van der Waals surface area contributed by atoms with Crippen molar-refractivity contribution in [2.45, 2.75) is 0 Å². The molecule has 0 bridgehead atoms. The number of nitrogens with zero attached hydrogens (tertiary/aromatic N) is 2. The van der Waals surface area contributed by atoms with E-state index in [4.69, 9.17) is 39.0 Å². The van der Waals surface area contributed by atoms with Crippen LogP contribution in [0.25, 0.3) is 0 Å². The van der Waals surface area contributed by atoms with E-state index in [-0.39, 0.29) is 4.99 Å². The molecule has 0 unspecified atom stereocenters. The topological polar surface area (TPSA) is 82.3 Å². The smallest absolute Gasteiger partial charge is 0.149 e. The van der Waals surface area contributed by atoms with E-state index in [2.05, 4.69) is 15.3 Å². The summed E-state index contributed by atoms with van der Waals surface area (Å²) >= 11 is 10.9. The van der Waals surface area contributed by atoms with Gasteiger partial charge in [0.25, 0.3) is 0 Å². The molecular weight excluding hydrogens is 312 g/mol. The monoisotopic (exact) mass is 324 g/mol. The van der Waals surface area contributed by atoms with E-state index >= 15 is 0 Å². The number of rotatable bonds is 5. The Balaban J connectivity index is 2.30. The van der Waals surface area contributed by atoms with E-state index in [0.29, 0.717) is 33.7 Å². The highest BCUT2D eigenvalue weighted by atomic mass is 35.5. The van der Waals surface area contributed by atoms with Crippen molar-refractivity contribution < 1.29 is 9.47 Å². The lowest BCUT2D eigenvalue weighted by Crippen LogP contribution is -2.12. The van der Waals surface area contributed by atoms with Crippen molar-refractivity contribution in [3.05, 3.63) is 35.2 Å². The van der Waals surface area contributed by atoms with Crippen LogP contribution in [0.3, 0.4) is 0 Å². The fourth-order valence-electron chi connectivity index (χ4n) is 1.62. The highest BCUT2D eigenvalue weighted by Crippen LogP contribution is 2.36. The number of benzene rings is 1. The molecule has 0 radical (unpaired) electrons. The molecule has 3 N–H and O–H groups in total. The molecule has 1 aromatic carbocycles. The molecular formula is C13H13ClN4O2S. The maximum Gasteiger partial charge on any atom is 0.149 e. The van der Waals surface area contributed by atoms with Crippen molar-refractivity contribution in [3.8, 4) is 11.5 Å². The predicted octanol–water partition coefficient (Wildman–Crippen LogP) is 2.53. The van der Waals surface area contributed by atoms with Gasteiger partial charge in [0.15, 0.2) is 0 Å². The van der Waals surface area contributed by atoms with Crippen LogP contribution in [-0.2, 0) is 0 Å². The minimum Gasteiger partial charge on any atom is -0.495 e. The van der Waals surface area contributed by atoms with E-state index < -0.39 is 0 Å². The first-order valence-electron chi connectivity index (χ1n) is 5.85. The average Bonchev–Trinajstić information content (AvgIpc) is 2.48. The molecule has 0 aliphatic carbocycles. The second kappa shape index (κ2) is 6.55. The van der Waals surface area contributed by atoms with Crippen molar-refractivity contribution in [1.82, 2.24) is 9.97 Å². The first-order valence-corrected chi connectivity index (χ1v) is 6.64. The molecule has 8 heteroatoms. The number of nitrogens with one attached hydrogen (secondary N) is 1. The molecule has 0 aliphatic rings. The van der Waals surface area contributed by atoms with Gasteiger partial charge in [-0.05, 0) is 6.07 Å². The number of methoxy groups -OCH3 is 2. The summed E-state index contributed by atoms with van der Waals surface area (Å²) in [4.78, 5) is 8.46. The first kappa shape index (κ1) is 15.3. The highest BCUT2D eigenvalue weighted by molar-refractivity contribution is 7.80. The van der Waals surface area contributed by atoms with Gasteiger partial charge in [-0.15, -0.1) is 0 Å². The van der Waals surface area contributed by atoms with Crippen LogP contribution in [0.2, 0.25) is 5.02 Å². The molecule has 0 amide bonds. The van der Waals surface area contributed by atoms with Gasteiger partial charge in [0, 0.05) is 6.07 Å². The van der Waals surface area contributed by atoms with E-state index in [0.717, 1.165) is 0 Å². The second-order valence-electron chi connectivity index (χ2n) is 3.96. The van der Waals surface area contributed by atoms with Gasteiger partial charge >= 0.3 is 0 Å². The Morgan fingerprint density at radius 3 is 2.43 bits per heavy atom. The molecule has 21 heavy (non-hydrogen) atoms. The molecule has 0 saturated carbocycles. The SMILES string of the molecule is COc1cc(OC)c(Nc2cnc(C(N)=S)cn2)cc1Cl. The lowest BCUT2D eigenvalue weighted by molar-refractivity contribution is 0.396. The van der Waals surface area contributed by atoms with Gasteiger partial charge in [0.2, 0.25) is 0 Å². The van der Waals surface area contributed by atoms with Gasteiger partial charge < -0.3 is 20.5 Å². The van der Waals surface area contributed by atoms with E-state index in [1.165, 1.54) is 19.5 Å². The molecule has 0 saturated heterocycles. The van der Waals surface area contributed by atoms with Crippen LogP contribution in [0.1, 0.15) is 5.69 Å². The lowest BCUT2D eigenvalue weighted by atomic mass is 10.2. The van der Waals surface area contributed by atoms with Gasteiger partial charge in [-0.1, -0.05) is 23.8 Å². The Hall–Kier alpha value is -2.12. The van der Waals surface area contributed by atoms with Crippen molar-refractivity contribution in [2.75, 3.05) is 19.5 Å². The standard InChI is InChI=1S/C13H13ClN4O2S/c1-19-10-4-11(20-2)8(3-7(10)14)18-12-6-16-9(5-17-12)13(15)21/h3-6H,1-2H3,(H2,15,21)(H,17,18). The third-order valence-electron chi connectivity index (χ3n) is 2.64. The van der Waals surface area contributed by atoms with Crippen LogP contribution >= 0.6 is 23.8 Å². The maximum absolute atomic E-state index is 6.10. The Bertz CT molecular complexity index is 664. The van der Waals surface area contributed by atoms with Gasteiger partial charge in [0.05, 0.1) is 37.3 Å². The van der Waals surface area contributed by atoms with Crippen LogP contribution in [-0.4, -0.2) is 29.2 Å². The van der Waals surface area contributed by atoms with Crippen molar-refractivity contribution in [3.63, 3.8) is 0 Å². The van der Waals surface area contributed by atoms with Crippen LogP contribution < -0.4 is 20.5 Å². The number of hydrogen-bond donors (Lipinski definition) is 2. The normalized spacial score (nSPS) is 10.0. The van der Waals surface area contributed by atoms with Crippen LogP contribution in [0, 0.1) is 0 Å². The number of halogens is 1. The Labute approximate surface area is 132 Å². The largest absolute Gasteiger partial charge is 0.495 e. The number of ether oxygens (including phenoxy) is 2. The minimum absolute atomic E-state index is 0.194. The van der Waals surface area contributed by atoms with Gasteiger partial charge in [0.1, 0.15) is 28.0 Å². The summed E-state index contributed by atoms with van der Waals surface area (Å²) in [5, 5.41) is 3.51. The molecule has 2 aromatic rings. The fourth-order valence-corrected chi connectivity index (χ4v) is 1.96. The zero-order chi connectivity index (χ0) is 15.4. The number of aromatic nitrogens is 2. The molecule has 0 atom stereocenters. The molecule has 1 heterocycles. The number of anilines is 2. The van der Waals surface area contributed by atoms with Crippen LogP contribution in [0.4, 0.5) is 11.5 Å². The van der Waals surface area contributed by atoms with Crippen LogP contribution in [0.5, 0.6) is 11.5 Å². The molecule has 6 nitrogen and oxygen atoms in total. The maximum atomic E-state index is 6.10. The van der Waals surface area contributed by atoms with Gasteiger partial charge in [-0.25, -0.2) is 9.97 Å². The molecule has 0 fully saturated rings. The van der Waals surface area contributed by atoms with Crippen molar-refractivity contribution in [1.29, 1.82) is 0 Å².